The Kier molecular flexibility index (Phi) is 4.98. The van der Waals surface area contributed by atoms with Gasteiger partial charge in [-0.2, -0.15) is 0 Å². The second kappa shape index (κ2) is 6.72. The fourth-order valence-corrected chi connectivity index (χ4v) is 2.60. The molecule has 0 fully saturated rings. The number of likely N-dealkylation sites (N-methyl/N-ethyl adjacent to an activating group) is 1. The number of amides is 2. The highest BCUT2D eigenvalue weighted by atomic mass is 16.5. The Morgan fingerprint density at radius 1 is 1.40 bits per heavy atom. The first-order chi connectivity index (χ1) is 9.67. The van der Waals surface area contributed by atoms with Crippen LogP contribution in [0.5, 0.6) is 0 Å². The molecule has 0 saturated heterocycles. The summed E-state index contributed by atoms with van der Waals surface area (Å²) in [7, 11) is 3.52. The summed E-state index contributed by atoms with van der Waals surface area (Å²) in [4.78, 5) is 16.0. The number of benzene rings is 1. The van der Waals surface area contributed by atoms with Crippen molar-refractivity contribution in [2.24, 2.45) is 0 Å². The minimum atomic E-state index is 0.0442. The van der Waals surface area contributed by atoms with Crippen LogP contribution in [0.15, 0.2) is 24.3 Å². The van der Waals surface area contributed by atoms with Gasteiger partial charge in [0.05, 0.1) is 12.3 Å². The molecule has 1 aromatic rings. The molecule has 2 amide bonds. The van der Waals surface area contributed by atoms with E-state index >= 15 is 0 Å². The zero-order chi connectivity index (χ0) is 14.5. The van der Waals surface area contributed by atoms with E-state index in [9.17, 15) is 4.79 Å². The fraction of sp³-hybridized carbons (Fsp3) is 0.533. The summed E-state index contributed by atoms with van der Waals surface area (Å²) in [5.74, 6) is 0. The number of urea groups is 1. The number of hydrogen-bond donors (Lipinski definition) is 1. The molecule has 1 aliphatic rings. The lowest BCUT2D eigenvalue weighted by Gasteiger charge is -2.37. The molecule has 20 heavy (non-hydrogen) atoms. The van der Waals surface area contributed by atoms with E-state index in [1.165, 1.54) is 5.56 Å². The van der Waals surface area contributed by atoms with Crippen molar-refractivity contribution in [3.05, 3.63) is 29.8 Å². The van der Waals surface area contributed by atoms with E-state index in [2.05, 4.69) is 18.3 Å². The molecule has 5 nitrogen and oxygen atoms in total. The lowest BCUT2D eigenvalue weighted by Crippen LogP contribution is -2.52. The van der Waals surface area contributed by atoms with E-state index in [0.717, 1.165) is 12.2 Å². The standard InChI is InChI=1S/C15H23N3O2/c1-4-16-13(11-20-3)10-18-14-8-6-5-7-12(14)9-17(2)15(18)19/h5-8,13,16H,4,9-11H2,1-3H3. The molecule has 1 N–H and O–H groups in total. The average Bonchev–Trinajstić information content (AvgIpc) is 2.44. The van der Waals surface area contributed by atoms with Crippen LogP contribution in [0.25, 0.3) is 0 Å². The molecule has 0 spiro atoms. The number of nitrogens with one attached hydrogen (secondary N) is 1. The van der Waals surface area contributed by atoms with E-state index in [4.69, 9.17) is 4.74 Å². The van der Waals surface area contributed by atoms with Gasteiger partial charge < -0.3 is 15.0 Å². The monoisotopic (exact) mass is 277 g/mol. The highest BCUT2D eigenvalue weighted by molar-refractivity contribution is 5.94. The minimum Gasteiger partial charge on any atom is -0.383 e. The lowest BCUT2D eigenvalue weighted by atomic mass is 10.1. The number of ether oxygens (including phenoxy) is 1. The van der Waals surface area contributed by atoms with Gasteiger partial charge in [-0.25, -0.2) is 4.79 Å². The number of hydrogen-bond acceptors (Lipinski definition) is 3. The Hall–Kier alpha value is -1.59. The first-order valence-corrected chi connectivity index (χ1v) is 7.00. The third-order valence-electron chi connectivity index (χ3n) is 3.51. The van der Waals surface area contributed by atoms with Gasteiger partial charge in [0, 0.05) is 33.3 Å². The molecular weight excluding hydrogens is 254 g/mol. The van der Waals surface area contributed by atoms with Crippen LogP contribution in [0.1, 0.15) is 12.5 Å². The van der Waals surface area contributed by atoms with Gasteiger partial charge >= 0.3 is 6.03 Å². The lowest BCUT2D eigenvalue weighted by molar-refractivity contribution is 0.166. The van der Waals surface area contributed by atoms with Gasteiger partial charge in [-0.15, -0.1) is 0 Å². The number of carbonyl (C=O) groups excluding carboxylic acids is 1. The zero-order valence-electron chi connectivity index (χ0n) is 12.4. The Morgan fingerprint density at radius 2 is 2.15 bits per heavy atom. The molecule has 0 bridgehead atoms. The van der Waals surface area contributed by atoms with E-state index in [0.29, 0.717) is 19.7 Å². The molecule has 0 radical (unpaired) electrons. The smallest absolute Gasteiger partial charge is 0.324 e. The minimum absolute atomic E-state index is 0.0442. The number of rotatable bonds is 6. The molecule has 1 atom stereocenters. The molecular formula is C15H23N3O2. The maximum atomic E-state index is 12.4. The number of methoxy groups -OCH3 is 1. The van der Waals surface area contributed by atoms with Crippen LogP contribution in [-0.2, 0) is 11.3 Å². The second-order valence-corrected chi connectivity index (χ2v) is 5.09. The molecule has 0 aromatic heterocycles. The van der Waals surface area contributed by atoms with Crippen LogP contribution in [-0.4, -0.2) is 50.8 Å². The number of nitrogens with zero attached hydrogens (tertiary/aromatic N) is 2. The largest absolute Gasteiger partial charge is 0.383 e. The van der Waals surface area contributed by atoms with Crippen molar-refractivity contribution < 1.29 is 9.53 Å². The van der Waals surface area contributed by atoms with Gasteiger partial charge in [0.15, 0.2) is 0 Å². The maximum absolute atomic E-state index is 12.4. The summed E-state index contributed by atoms with van der Waals surface area (Å²) in [5.41, 5.74) is 2.19. The summed E-state index contributed by atoms with van der Waals surface area (Å²) in [6.07, 6.45) is 0. The van der Waals surface area contributed by atoms with Crippen LogP contribution in [0, 0.1) is 0 Å². The van der Waals surface area contributed by atoms with E-state index in [-0.39, 0.29) is 12.1 Å². The third-order valence-corrected chi connectivity index (χ3v) is 3.51. The quantitative estimate of drug-likeness (QED) is 0.860. The van der Waals surface area contributed by atoms with Gasteiger partial charge in [-0.3, -0.25) is 4.90 Å². The number of anilines is 1. The van der Waals surface area contributed by atoms with Crippen molar-refractivity contribution in [1.29, 1.82) is 0 Å². The van der Waals surface area contributed by atoms with Crippen molar-refractivity contribution in [3.63, 3.8) is 0 Å². The second-order valence-electron chi connectivity index (χ2n) is 5.09. The maximum Gasteiger partial charge on any atom is 0.324 e. The molecule has 1 unspecified atom stereocenters. The van der Waals surface area contributed by atoms with Crippen LogP contribution >= 0.6 is 0 Å². The first-order valence-electron chi connectivity index (χ1n) is 7.00. The third kappa shape index (κ3) is 3.11. The normalized spacial score (nSPS) is 16.2. The van der Waals surface area contributed by atoms with Gasteiger partial charge in [0.25, 0.3) is 0 Å². The van der Waals surface area contributed by atoms with Crippen molar-refractivity contribution in [2.45, 2.75) is 19.5 Å². The van der Waals surface area contributed by atoms with Crippen LogP contribution < -0.4 is 10.2 Å². The number of fused-ring (bicyclic) bond motifs is 1. The summed E-state index contributed by atoms with van der Waals surface area (Å²) in [6.45, 7) is 4.78. The number of para-hydroxylation sites is 1. The molecule has 2 rings (SSSR count). The Morgan fingerprint density at radius 3 is 2.85 bits per heavy atom. The van der Waals surface area contributed by atoms with E-state index in [1.54, 1.807) is 12.0 Å². The fourth-order valence-electron chi connectivity index (χ4n) is 2.60. The van der Waals surface area contributed by atoms with Crippen molar-refractivity contribution in [3.8, 4) is 0 Å². The Labute approximate surface area is 120 Å². The van der Waals surface area contributed by atoms with Gasteiger partial charge in [-0.05, 0) is 18.2 Å². The highest BCUT2D eigenvalue weighted by Crippen LogP contribution is 2.27. The van der Waals surface area contributed by atoms with Gasteiger partial charge in [0.2, 0.25) is 0 Å². The van der Waals surface area contributed by atoms with Gasteiger partial charge in [0.1, 0.15) is 0 Å². The molecule has 110 valence electrons. The van der Waals surface area contributed by atoms with E-state index in [1.807, 2.05) is 30.1 Å². The summed E-state index contributed by atoms with van der Waals surface area (Å²) in [6, 6.07) is 8.25. The Balaban J connectivity index is 2.22. The van der Waals surface area contributed by atoms with Crippen molar-refractivity contribution in [1.82, 2.24) is 10.2 Å². The molecule has 1 aromatic carbocycles. The molecule has 1 heterocycles. The van der Waals surface area contributed by atoms with Crippen LogP contribution in [0.3, 0.4) is 0 Å². The van der Waals surface area contributed by atoms with Crippen molar-refractivity contribution in [2.75, 3.05) is 38.8 Å². The molecule has 0 aliphatic carbocycles. The average molecular weight is 277 g/mol. The van der Waals surface area contributed by atoms with Crippen LogP contribution in [0.2, 0.25) is 0 Å². The predicted molar refractivity (Wildman–Crippen MR) is 80.0 cm³/mol. The topological polar surface area (TPSA) is 44.8 Å². The predicted octanol–water partition coefficient (Wildman–Crippen LogP) is 1.68. The first kappa shape index (κ1) is 14.8. The van der Waals surface area contributed by atoms with Crippen molar-refractivity contribution >= 4 is 11.7 Å². The molecule has 5 heteroatoms. The summed E-state index contributed by atoms with van der Waals surface area (Å²) < 4.78 is 5.23. The zero-order valence-corrected chi connectivity index (χ0v) is 12.4. The summed E-state index contributed by atoms with van der Waals surface area (Å²) in [5, 5.41) is 3.36. The SMILES string of the molecule is CCNC(COC)CN1C(=O)N(C)Cc2ccccc21. The highest BCUT2D eigenvalue weighted by Gasteiger charge is 2.29. The summed E-state index contributed by atoms with van der Waals surface area (Å²) >= 11 is 0. The molecule has 1 aliphatic heterocycles. The Bertz CT molecular complexity index is 458. The van der Waals surface area contributed by atoms with Gasteiger partial charge in [-0.1, -0.05) is 25.1 Å². The van der Waals surface area contributed by atoms with Crippen LogP contribution in [0.4, 0.5) is 10.5 Å². The number of carbonyl (C=O) groups is 1. The molecule has 0 saturated carbocycles. The van der Waals surface area contributed by atoms with E-state index < -0.39 is 0 Å².